The number of carbonyl (C=O) groups is 1. The van der Waals surface area contributed by atoms with Crippen molar-refractivity contribution in [3.05, 3.63) is 16.3 Å². The van der Waals surface area contributed by atoms with Crippen LogP contribution in [0.25, 0.3) is 10.2 Å². The molecule has 1 aliphatic carbocycles. The van der Waals surface area contributed by atoms with Crippen molar-refractivity contribution in [3.8, 4) is 0 Å². The lowest BCUT2D eigenvalue weighted by atomic mass is 9.97. The molecule has 24 heavy (non-hydrogen) atoms. The molecule has 0 saturated heterocycles. The third kappa shape index (κ3) is 3.75. The topological polar surface area (TPSA) is 54.9 Å². The zero-order valence-electron chi connectivity index (χ0n) is 15.0. The number of carbonyl (C=O) groups excluding carboxylic acids is 1. The number of nitrogens with one attached hydrogen (secondary N) is 1. The van der Waals surface area contributed by atoms with Gasteiger partial charge in [0.2, 0.25) is 5.91 Å². The molecule has 2 heterocycles. The van der Waals surface area contributed by atoms with Gasteiger partial charge in [0.05, 0.1) is 5.25 Å². The molecule has 1 N–H and O–H groups in total. The van der Waals surface area contributed by atoms with E-state index in [4.69, 9.17) is 0 Å². The van der Waals surface area contributed by atoms with Gasteiger partial charge in [0, 0.05) is 15.8 Å². The quantitative estimate of drug-likeness (QED) is 0.653. The average Bonchev–Trinajstić information content (AvgIpc) is 2.83. The number of aryl methyl sites for hydroxylation is 3. The number of rotatable bonds is 3. The molecule has 0 spiro atoms. The Morgan fingerprint density at radius 3 is 2.67 bits per heavy atom. The minimum atomic E-state index is -0.218. The molecule has 0 bridgehead atoms. The number of amides is 1. The van der Waals surface area contributed by atoms with Crippen molar-refractivity contribution in [2.75, 3.05) is 0 Å². The van der Waals surface area contributed by atoms with E-state index < -0.39 is 0 Å². The van der Waals surface area contributed by atoms with Crippen LogP contribution in [0.2, 0.25) is 0 Å². The summed E-state index contributed by atoms with van der Waals surface area (Å²) >= 11 is 3.37. The minimum Gasteiger partial charge on any atom is -0.351 e. The lowest BCUT2D eigenvalue weighted by molar-refractivity contribution is -0.121. The monoisotopic (exact) mass is 363 g/mol. The van der Waals surface area contributed by atoms with E-state index in [1.807, 2.05) is 46.0 Å². The molecule has 1 atom stereocenters. The Hall–Kier alpha value is -1.14. The van der Waals surface area contributed by atoms with Crippen LogP contribution in [0.5, 0.6) is 0 Å². The summed E-state index contributed by atoms with van der Waals surface area (Å²) in [4.78, 5) is 24.3. The van der Waals surface area contributed by atoms with E-state index in [0.717, 1.165) is 28.5 Å². The summed E-state index contributed by atoms with van der Waals surface area (Å²) in [6.07, 6.45) is 4.76. The highest BCUT2D eigenvalue weighted by molar-refractivity contribution is 8.00. The van der Waals surface area contributed by atoms with Gasteiger partial charge < -0.3 is 5.32 Å². The molecular formula is C18H25N3OS2. The van der Waals surface area contributed by atoms with Crippen molar-refractivity contribution in [1.82, 2.24) is 15.3 Å². The molecule has 1 aliphatic rings. The van der Waals surface area contributed by atoms with Crippen LogP contribution in [0.15, 0.2) is 5.03 Å². The van der Waals surface area contributed by atoms with Gasteiger partial charge in [-0.05, 0) is 65.9 Å². The van der Waals surface area contributed by atoms with Crippen LogP contribution in [-0.4, -0.2) is 26.7 Å². The fraction of sp³-hybridized carbons (Fsp3) is 0.611. The number of hydrogen-bond donors (Lipinski definition) is 1. The molecule has 6 heteroatoms. The van der Waals surface area contributed by atoms with Crippen LogP contribution >= 0.6 is 23.1 Å². The van der Waals surface area contributed by atoms with E-state index in [2.05, 4.69) is 15.3 Å². The molecule has 4 nitrogen and oxygen atoms in total. The van der Waals surface area contributed by atoms with E-state index in [1.165, 1.54) is 28.7 Å². The number of aromatic nitrogens is 2. The lowest BCUT2D eigenvalue weighted by Gasteiger charge is -2.23. The van der Waals surface area contributed by atoms with Gasteiger partial charge in [0.15, 0.2) is 0 Å². The summed E-state index contributed by atoms with van der Waals surface area (Å²) < 4.78 is 0. The normalized spacial score (nSPS) is 16.0. The highest BCUT2D eigenvalue weighted by Gasteiger charge is 2.25. The van der Waals surface area contributed by atoms with Gasteiger partial charge >= 0.3 is 0 Å². The molecule has 0 unspecified atom stereocenters. The van der Waals surface area contributed by atoms with Crippen LogP contribution in [0, 0.1) is 6.92 Å². The second-order valence-electron chi connectivity index (χ2n) is 7.47. The van der Waals surface area contributed by atoms with E-state index in [1.54, 1.807) is 11.8 Å². The molecule has 0 fully saturated rings. The Balaban J connectivity index is 1.94. The molecule has 0 radical (unpaired) electrons. The summed E-state index contributed by atoms with van der Waals surface area (Å²) in [7, 11) is 0. The maximum atomic E-state index is 12.4. The van der Waals surface area contributed by atoms with Crippen LogP contribution in [0.3, 0.4) is 0 Å². The molecule has 0 aromatic carbocycles. The highest BCUT2D eigenvalue weighted by Crippen LogP contribution is 2.40. The largest absolute Gasteiger partial charge is 0.351 e. The van der Waals surface area contributed by atoms with Crippen molar-refractivity contribution in [2.45, 2.75) is 76.1 Å². The Labute approximate surface area is 151 Å². The average molecular weight is 364 g/mol. The number of thiophene rings is 1. The van der Waals surface area contributed by atoms with Crippen molar-refractivity contribution < 1.29 is 4.79 Å². The number of nitrogens with zero attached hydrogens (tertiary/aromatic N) is 2. The zero-order chi connectivity index (χ0) is 17.5. The lowest BCUT2D eigenvalue weighted by Crippen LogP contribution is -2.44. The third-order valence-electron chi connectivity index (χ3n) is 4.05. The van der Waals surface area contributed by atoms with Gasteiger partial charge in [0.25, 0.3) is 0 Å². The first-order valence-corrected chi connectivity index (χ1v) is 10.2. The zero-order valence-corrected chi connectivity index (χ0v) is 16.7. The fourth-order valence-electron chi connectivity index (χ4n) is 3.00. The summed E-state index contributed by atoms with van der Waals surface area (Å²) in [5.41, 5.74) is 1.21. The first kappa shape index (κ1) is 17.7. The molecule has 0 saturated carbocycles. The Morgan fingerprint density at radius 2 is 1.96 bits per heavy atom. The summed E-state index contributed by atoms with van der Waals surface area (Å²) in [6.45, 7) is 9.90. The molecule has 3 rings (SSSR count). The predicted octanol–water partition coefficient (Wildman–Crippen LogP) is 4.27. The van der Waals surface area contributed by atoms with Crippen molar-refractivity contribution in [1.29, 1.82) is 0 Å². The molecule has 2 aromatic heterocycles. The Morgan fingerprint density at radius 1 is 1.25 bits per heavy atom. The summed E-state index contributed by atoms with van der Waals surface area (Å²) in [6, 6.07) is 0. The molecule has 0 aliphatic heterocycles. The van der Waals surface area contributed by atoms with Crippen LogP contribution in [-0.2, 0) is 17.6 Å². The van der Waals surface area contributed by atoms with Crippen LogP contribution < -0.4 is 5.32 Å². The fourth-order valence-corrected chi connectivity index (χ4v) is 5.40. The summed E-state index contributed by atoms with van der Waals surface area (Å²) in [5, 5.41) is 5.04. The predicted molar refractivity (Wildman–Crippen MR) is 102 cm³/mol. The molecule has 1 amide bonds. The third-order valence-corrected chi connectivity index (χ3v) is 6.32. The number of hydrogen-bond acceptors (Lipinski definition) is 5. The van der Waals surface area contributed by atoms with E-state index in [-0.39, 0.29) is 16.7 Å². The number of thioether (sulfide) groups is 1. The highest BCUT2D eigenvalue weighted by atomic mass is 32.2. The Kier molecular flexibility index (Phi) is 4.89. The maximum Gasteiger partial charge on any atom is 0.233 e. The van der Waals surface area contributed by atoms with E-state index in [0.29, 0.717) is 0 Å². The van der Waals surface area contributed by atoms with Crippen molar-refractivity contribution >= 4 is 39.2 Å². The summed E-state index contributed by atoms with van der Waals surface area (Å²) in [5.74, 6) is 0.841. The standard InChI is InChI=1S/C18H25N3OS2/c1-10(15(22)21-18(3,4)5)23-16-14-12-8-6-7-9-13(12)24-17(14)20-11(2)19-16/h10H,6-9H2,1-5H3,(H,21,22)/t10-/m0/s1. The second-order valence-corrected chi connectivity index (χ2v) is 9.88. The van der Waals surface area contributed by atoms with Gasteiger partial charge in [-0.2, -0.15) is 0 Å². The van der Waals surface area contributed by atoms with Gasteiger partial charge in [-0.3, -0.25) is 4.79 Å². The minimum absolute atomic E-state index is 0.0565. The first-order chi connectivity index (χ1) is 11.2. The van der Waals surface area contributed by atoms with Crippen molar-refractivity contribution in [3.63, 3.8) is 0 Å². The van der Waals surface area contributed by atoms with Gasteiger partial charge in [-0.15, -0.1) is 11.3 Å². The van der Waals surface area contributed by atoms with Crippen LogP contribution in [0.1, 0.15) is 56.8 Å². The maximum absolute atomic E-state index is 12.4. The Bertz CT molecular complexity index is 777. The van der Waals surface area contributed by atoms with Gasteiger partial charge in [-0.25, -0.2) is 9.97 Å². The van der Waals surface area contributed by atoms with Gasteiger partial charge in [-0.1, -0.05) is 11.8 Å². The second kappa shape index (κ2) is 6.64. The van der Waals surface area contributed by atoms with Crippen molar-refractivity contribution in [2.24, 2.45) is 0 Å². The SMILES string of the molecule is Cc1nc(S[C@@H](C)C(=O)NC(C)(C)C)c2c3c(sc2n1)CCCC3. The van der Waals surface area contributed by atoms with E-state index in [9.17, 15) is 4.79 Å². The molecular weight excluding hydrogens is 338 g/mol. The molecule has 2 aromatic rings. The van der Waals surface area contributed by atoms with Gasteiger partial charge in [0.1, 0.15) is 15.7 Å². The first-order valence-electron chi connectivity index (χ1n) is 8.52. The van der Waals surface area contributed by atoms with E-state index >= 15 is 0 Å². The van der Waals surface area contributed by atoms with Crippen LogP contribution in [0.4, 0.5) is 0 Å². The smallest absolute Gasteiger partial charge is 0.233 e. The number of fused-ring (bicyclic) bond motifs is 3. The molecule has 130 valence electrons.